The van der Waals surface area contributed by atoms with Crippen LogP contribution < -0.4 is 10.5 Å². The summed E-state index contributed by atoms with van der Waals surface area (Å²) in [5.41, 5.74) is 7.19. The molecule has 1 aromatic rings. The second-order valence-electron chi connectivity index (χ2n) is 6.95. The van der Waals surface area contributed by atoms with Gasteiger partial charge >= 0.3 is 0 Å². The summed E-state index contributed by atoms with van der Waals surface area (Å²) >= 11 is 3.55. The molecule has 4 atom stereocenters. The fourth-order valence-electron chi connectivity index (χ4n) is 3.40. The van der Waals surface area contributed by atoms with E-state index in [1.54, 1.807) is 0 Å². The average molecular weight is 354 g/mol. The monoisotopic (exact) mass is 353 g/mol. The third-order valence-electron chi connectivity index (χ3n) is 4.71. The van der Waals surface area contributed by atoms with Crippen LogP contribution in [0.2, 0.25) is 0 Å². The van der Waals surface area contributed by atoms with E-state index in [2.05, 4.69) is 48.8 Å². The number of benzene rings is 1. The van der Waals surface area contributed by atoms with Gasteiger partial charge in [-0.2, -0.15) is 0 Å². The molecule has 118 valence electrons. The first-order valence-corrected chi connectivity index (χ1v) is 8.89. The predicted molar refractivity (Wildman–Crippen MR) is 92.5 cm³/mol. The molecule has 0 saturated heterocycles. The molecule has 0 aliphatic heterocycles. The molecule has 1 aliphatic rings. The summed E-state index contributed by atoms with van der Waals surface area (Å²) < 4.78 is 7.51. The predicted octanol–water partition coefficient (Wildman–Crippen LogP) is 5.31. The Morgan fingerprint density at radius 1 is 1.24 bits per heavy atom. The first-order chi connectivity index (χ1) is 9.88. The topological polar surface area (TPSA) is 35.2 Å². The first-order valence-electron chi connectivity index (χ1n) is 8.10. The molecular weight excluding hydrogens is 326 g/mol. The first kappa shape index (κ1) is 16.8. The Balaban J connectivity index is 2.24. The molecule has 4 unspecified atom stereocenters. The minimum Gasteiger partial charge on any atom is -0.490 e. The highest BCUT2D eigenvalue weighted by atomic mass is 79.9. The zero-order chi connectivity index (χ0) is 15.6. The Bertz CT molecular complexity index is 472. The average Bonchev–Trinajstić information content (AvgIpc) is 2.38. The summed E-state index contributed by atoms with van der Waals surface area (Å²) in [6.45, 7) is 8.97. The zero-order valence-electron chi connectivity index (χ0n) is 13.6. The number of hydrogen-bond donors (Lipinski definition) is 1. The smallest absolute Gasteiger partial charge is 0.125 e. The Morgan fingerprint density at radius 2 is 1.95 bits per heavy atom. The quantitative estimate of drug-likeness (QED) is 0.795. The maximum atomic E-state index is 6.46. The molecule has 1 aliphatic carbocycles. The highest BCUT2D eigenvalue weighted by Crippen LogP contribution is 2.38. The molecule has 0 radical (unpaired) electrons. The molecule has 0 bridgehead atoms. The second-order valence-corrected chi connectivity index (χ2v) is 7.87. The van der Waals surface area contributed by atoms with Crippen molar-refractivity contribution >= 4 is 15.9 Å². The lowest BCUT2D eigenvalue weighted by Gasteiger charge is -2.37. The van der Waals surface area contributed by atoms with E-state index < -0.39 is 0 Å². The third-order valence-corrected chi connectivity index (χ3v) is 5.20. The SMILES string of the molecule is CC1CCC(C(C)C)C(Oc2cc(Br)ccc2C(C)N)C1. The summed E-state index contributed by atoms with van der Waals surface area (Å²) in [7, 11) is 0. The molecule has 2 rings (SSSR count). The van der Waals surface area contributed by atoms with Crippen LogP contribution in [0.3, 0.4) is 0 Å². The van der Waals surface area contributed by atoms with Gasteiger partial charge in [0.15, 0.2) is 0 Å². The van der Waals surface area contributed by atoms with E-state index >= 15 is 0 Å². The van der Waals surface area contributed by atoms with E-state index in [0.29, 0.717) is 17.9 Å². The standard InChI is InChI=1S/C18H28BrNO/c1-11(2)15-7-5-12(3)9-17(15)21-18-10-14(19)6-8-16(18)13(4)20/h6,8,10-13,15,17H,5,7,9,20H2,1-4H3. The number of nitrogens with two attached hydrogens (primary N) is 1. The summed E-state index contributed by atoms with van der Waals surface area (Å²) in [5.74, 6) is 2.99. The molecule has 0 spiro atoms. The molecular formula is C18H28BrNO. The van der Waals surface area contributed by atoms with Gasteiger partial charge in [0.05, 0.1) is 0 Å². The van der Waals surface area contributed by atoms with E-state index in [4.69, 9.17) is 10.5 Å². The third kappa shape index (κ3) is 4.23. The summed E-state index contributed by atoms with van der Waals surface area (Å²) in [5, 5.41) is 0. The fourth-order valence-corrected chi connectivity index (χ4v) is 3.74. The highest BCUT2D eigenvalue weighted by Gasteiger charge is 2.32. The minimum atomic E-state index is -0.00776. The Morgan fingerprint density at radius 3 is 2.57 bits per heavy atom. The van der Waals surface area contributed by atoms with E-state index in [1.807, 2.05) is 13.0 Å². The largest absolute Gasteiger partial charge is 0.490 e. The van der Waals surface area contributed by atoms with Gasteiger partial charge in [-0.1, -0.05) is 49.2 Å². The van der Waals surface area contributed by atoms with Gasteiger partial charge < -0.3 is 10.5 Å². The maximum Gasteiger partial charge on any atom is 0.125 e. The molecule has 0 heterocycles. The van der Waals surface area contributed by atoms with E-state index in [-0.39, 0.29) is 6.04 Å². The van der Waals surface area contributed by atoms with Crippen LogP contribution in [0.1, 0.15) is 58.6 Å². The van der Waals surface area contributed by atoms with Crippen molar-refractivity contribution in [3.05, 3.63) is 28.2 Å². The Kier molecular flexibility index (Phi) is 5.73. The Labute approximate surface area is 137 Å². The molecule has 1 aromatic carbocycles. The maximum absolute atomic E-state index is 6.46. The molecule has 3 heteroatoms. The van der Waals surface area contributed by atoms with Gasteiger partial charge in [0.2, 0.25) is 0 Å². The van der Waals surface area contributed by atoms with Crippen LogP contribution in [0.5, 0.6) is 5.75 Å². The summed E-state index contributed by atoms with van der Waals surface area (Å²) in [6.07, 6.45) is 4.04. The van der Waals surface area contributed by atoms with E-state index in [1.165, 1.54) is 12.8 Å². The van der Waals surface area contributed by atoms with Crippen molar-refractivity contribution in [3.8, 4) is 5.75 Å². The van der Waals surface area contributed by atoms with Crippen molar-refractivity contribution in [1.29, 1.82) is 0 Å². The lowest BCUT2D eigenvalue weighted by molar-refractivity contribution is 0.0451. The van der Waals surface area contributed by atoms with Crippen molar-refractivity contribution < 1.29 is 4.74 Å². The number of rotatable bonds is 4. The van der Waals surface area contributed by atoms with Crippen molar-refractivity contribution in [3.63, 3.8) is 0 Å². The normalized spacial score (nSPS) is 27.7. The molecule has 2 N–H and O–H groups in total. The van der Waals surface area contributed by atoms with Crippen LogP contribution >= 0.6 is 15.9 Å². The van der Waals surface area contributed by atoms with Crippen molar-refractivity contribution in [1.82, 2.24) is 0 Å². The van der Waals surface area contributed by atoms with Crippen LogP contribution in [0.4, 0.5) is 0 Å². The molecule has 1 saturated carbocycles. The van der Waals surface area contributed by atoms with Crippen LogP contribution in [-0.2, 0) is 0 Å². The highest BCUT2D eigenvalue weighted by molar-refractivity contribution is 9.10. The molecule has 1 fully saturated rings. The number of hydrogen-bond acceptors (Lipinski definition) is 2. The van der Waals surface area contributed by atoms with E-state index in [9.17, 15) is 0 Å². The molecule has 21 heavy (non-hydrogen) atoms. The summed E-state index contributed by atoms with van der Waals surface area (Å²) in [6, 6.07) is 6.16. The van der Waals surface area contributed by atoms with Gasteiger partial charge in [-0.25, -0.2) is 0 Å². The molecule has 0 aromatic heterocycles. The Hall–Kier alpha value is -0.540. The number of ether oxygens (including phenoxy) is 1. The fraction of sp³-hybridized carbons (Fsp3) is 0.667. The van der Waals surface area contributed by atoms with Crippen LogP contribution in [0, 0.1) is 17.8 Å². The minimum absolute atomic E-state index is 0.00776. The van der Waals surface area contributed by atoms with Gasteiger partial charge in [-0.05, 0) is 49.7 Å². The van der Waals surface area contributed by atoms with Crippen molar-refractivity contribution in [2.24, 2.45) is 23.5 Å². The van der Waals surface area contributed by atoms with Gasteiger partial charge in [0.25, 0.3) is 0 Å². The van der Waals surface area contributed by atoms with Gasteiger partial charge in [-0.3, -0.25) is 0 Å². The molecule has 0 amide bonds. The van der Waals surface area contributed by atoms with E-state index in [0.717, 1.165) is 28.1 Å². The summed E-state index contributed by atoms with van der Waals surface area (Å²) in [4.78, 5) is 0. The van der Waals surface area contributed by atoms with Crippen LogP contribution in [0.15, 0.2) is 22.7 Å². The second kappa shape index (κ2) is 7.15. The van der Waals surface area contributed by atoms with Crippen LogP contribution in [0.25, 0.3) is 0 Å². The van der Waals surface area contributed by atoms with Crippen LogP contribution in [-0.4, -0.2) is 6.10 Å². The number of halogens is 1. The van der Waals surface area contributed by atoms with Gasteiger partial charge in [-0.15, -0.1) is 0 Å². The van der Waals surface area contributed by atoms with Crippen molar-refractivity contribution in [2.45, 2.75) is 59.1 Å². The zero-order valence-corrected chi connectivity index (χ0v) is 15.2. The van der Waals surface area contributed by atoms with Gasteiger partial charge in [0.1, 0.15) is 11.9 Å². The van der Waals surface area contributed by atoms with Crippen molar-refractivity contribution in [2.75, 3.05) is 0 Å². The van der Waals surface area contributed by atoms with Gasteiger partial charge in [0, 0.05) is 16.1 Å². The lowest BCUT2D eigenvalue weighted by Crippen LogP contribution is -2.36. The lowest BCUT2D eigenvalue weighted by atomic mass is 9.75. The molecule has 2 nitrogen and oxygen atoms in total.